The number of hydrogen-bond donors (Lipinski definition) is 1. The van der Waals surface area contributed by atoms with Gasteiger partial charge in [0.05, 0.1) is 23.3 Å². The van der Waals surface area contributed by atoms with Gasteiger partial charge in [0.1, 0.15) is 5.75 Å². The van der Waals surface area contributed by atoms with Gasteiger partial charge in [0.15, 0.2) is 0 Å². The summed E-state index contributed by atoms with van der Waals surface area (Å²) in [5.74, 6) is 0.926. The lowest BCUT2D eigenvalue weighted by molar-refractivity contribution is -0.0662. The molecule has 1 unspecified atom stereocenters. The highest BCUT2D eigenvalue weighted by Crippen LogP contribution is 2.39. The molecule has 0 radical (unpaired) electrons. The topological polar surface area (TPSA) is 30.5 Å². The number of rotatable bonds is 4. The van der Waals surface area contributed by atoms with E-state index in [-0.39, 0.29) is 17.3 Å². The molecule has 1 fully saturated rings. The summed E-state index contributed by atoms with van der Waals surface area (Å²) in [5.41, 5.74) is 2.12. The molecule has 21 heavy (non-hydrogen) atoms. The van der Waals surface area contributed by atoms with E-state index >= 15 is 0 Å². The Morgan fingerprint density at radius 2 is 1.90 bits per heavy atom. The lowest BCUT2D eigenvalue weighted by Crippen LogP contribution is -2.38. The summed E-state index contributed by atoms with van der Waals surface area (Å²) >= 11 is 0. The Hall–Kier alpha value is -1.22. The maximum Gasteiger partial charge on any atom is 0.120 e. The molecule has 0 spiro atoms. The minimum atomic E-state index is -0.164. The third-order valence-electron chi connectivity index (χ3n) is 3.97. The van der Waals surface area contributed by atoms with Crippen LogP contribution in [-0.4, -0.2) is 23.3 Å². The van der Waals surface area contributed by atoms with E-state index < -0.39 is 0 Å². The lowest BCUT2D eigenvalue weighted by Gasteiger charge is -2.29. The van der Waals surface area contributed by atoms with Crippen LogP contribution in [0.3, 0.4) is 0 Å². The molecule has 0 aromatic heterocycles. The second-order valence-electron chi connectivity index (χ2n) is 7.51. The maximum atomic E-state index is 6.15. The van der Waals surface area contributed by atoms with Crippen LogP contribution in [-0.2, 0) is 4.74 Å². The average Bonchev–Trinajstić information content (AvgIpc) is 2.49. The zero-order valence-corrected chi connectivity index (χ0v) is 14.4. The van der Waals surface area contributed by atoms with Gasteiger partial charge < -0.3 is 14.8 Å². The lowest BCUT2D eigenvalue weighted by atomic mass is 9.94. The zero-order chi connectivity index (χ0) is 15.8. The Labute approximate surface area is 129 Å². The fourth-order valence-electron chi connectivity index (χ4n) is 3.12. The standard InChI is InChI=1S/C18H29NO2/c1-12(2)20-14-8-9-15(13(3)10-14)19-16-11-17(4,5)21-18(16,6)7/h8-10,12,16,19H,11H2,1-7H3. The van der Waals surface area contributed by atoms with Crippen LogP contribution in [0.25, 0.3) is 0 Å². The number of anilines is 1. The van der Waals surface area contributed by atoms with Crippen LogP contribution in [0.1, 0.15) is 53.5 Å². The molecule has 3 heteroatoms. The molecule has 118 valence electrons. The Bertz CT molecular complexity index is 506. The predicted molar refractivity (Wildman–Crippen MR) is 88.2 cm³/mol. The smallest absolute Gasteiger partial charge is 0.120 e. The Morgan fingerprint density at radius 1 is 1.24 bits per heavy atom. The van der Waals surface area contributed by atoms with E-state index in [1.54, 1.807) is 0 Å². The van der Waals surface area contributed by atoms with Crippen LogP contribution in [0.4, 0.5) is 5.69 Å². The molecular weight excluding hydrogens is 262 g/mol. The molecule has 1 aromatic rings. The van der Waals surface area contributed by atoms with E-state index in [9.17, 15) is 0 Å². The Kier molecular flexibility index (Phi) is 4.25. The van der Waals surface area contributed by atoms with Gasteiger partial charge in [0.2, 0.25) is 0 Å². The van der Waals surface area contributed by atoms with E-state index in [4.69, 9.17) is 9.47 Å². The zero-order valence-electron chi connectivity index (χ0n) is 14.4. The third-order valence-corrected chi connectivity index (χ3v) is 3.97. The summed E-state index contributed by atoms with van der Waals surface area (Å²) in [6.45, 7) is 14.8. The second-order valence-corrected chi connectivity index (χ2v) is 7.51. The number of benzene rings is 1. The first kappa shape index (κ1) is 16.2. The van der Waals surface area contributed by atoms with Gasteiger partial charge in [-0.15, -0.1) is 0 Å². The molecule has 1 aliphatic rings. The maximum absolute atomic E-state index is 6.15. The Balaban J connectivity index is 2.13. The predicted octanol–water partition coefficient (Wildman–Crippen LogP) is 4.54. The molecule has 0 saturated carbocycles. The first-order valence-electron chi connectivity index (χ1n) is 7.83. The molecule has 1 N–H and O–H groups in total. The van der Waals surface area contributed by atoms with Crippen molar-refractivity contribution < 1.29 is 9.47 Å². The largest absolute Gasteiger partial charge is 0.491 e. The van der Waals surface area contributed by atoms with E-state index in [1.165, 1.54) is 5.56 Å². The van der Waals surface area contributed by atoms with E-state index in [0.29, 0.717) is 6.04 Å². The van der Waals surface area contributed by atoms with Crippen molar-refractivity contribution in [3.63, 3.8) is 0 Å². The first-order valence-corrected chi connectivity index (χ1v) is 7.83. The van der Waals surface area contributed by atoms with Gasteiger partial charge in [0.25, 0.3) is 0 Å². The summed E-state index contributed by atoms with van der Waals surface area (Å²) in [7, 11) is 0. The molecule has 2 rings (SSSR count). The molecule has 0 amide bonds. The molecule has 1 aromatic carbocycles. The van der Waals surface area contributed by atoms with Gasteiger partial charge in [-0.2, -0.15) is 0 Å². The fourth-order valence-corrected chi connectivity index (χ4v) is 3.12. The molecule has 0 aliphatic carbocycles. The second kappa shape index (κ2) is 5.53. The molecule has 0 bridgehead atoms. The average molecular weight is 291 g/mol. The third kappa shape index (κ3) is 3.91. The molecule has 1 saturated heterocycles. The fraction of sp³-hybridized carbons (Fsp3) is 0.667. The highest BCUT2D eigenvalue weighted by Gasteiger charge is 2.45. The van der Waals surface area contributed by atoms with Crippen molar-refractivity contribution >= 4 is 5.69 Å². The van der Waals surface area contributed by atoms with Crippen molar-refractivity contribution in [2.45, 2.75) is 78.2 Å². The summed E-state index contributed by atoms with van der Waals surface area (Å²) in [5, 5.41) is 3.66. The minimum Gasteiger partial charge on any atom is -0.491 e. The number of aryl methyl sites for hydroxylation is 1. The molecule has 1 aliphatic heterocycles. The van der Waals surface area contributed by atoms with Crippen LogP contribution in [0.15, 0.2) is 18.2 Å². The first-order chi connectivity index (χ1) is 9.59. The minimum absolute atomic E-state index is 0.0736. The molecule has 1 heterocycles. The number of ether oxygens (including phenoxy) is 2. The quantitative estimate of drug-likeness (QED) is 0.883. The normalized spacial score (nSPS) is 23.3. The highest BCUT2D eigenvalue weighted by atomic mass is 16.5. The van der Waals surface area contributed by atoms with Gasteiger partial charge in [-0.1, -0.05) is 0 Å². The number of nitrogens with one attached hydrogen (secondary N) is 1. The highest BCUT2D eigenvalue weighted by molar-refractivity contribution is 5.54. The summed E-state index contributed by atoms with van der Waals surface area (Å²) in [4.78, 5) is 0. The van der Waals surface area contributed by atoms with E-state index in [0.717, 1.165) is 17.9 Å². The van der Waals surface area contributed by atoms with Crippen LogP contribution in [0.2, 0.25) is 0 Å². The number of hydrogen-bond acceptors (Lipinski definition) is 3. The van der Waals surface area contributed by atoms with Crippen molar-refractivity contribution in [1.82, 2.24) is 0 Å². The van der Waals surface area contributed by atoms with Crippen LogP contribution >= 0.6 is 0 Å². The van der Waals surface area contributed by atoms with Crippen molar-refractivity contribution in [2.24, 2.45) is 0 Å². The van der Waals surface area contributed by atoms with Crippen LogP contribution in [0, 0.1) is 6.92 Å². The Morgan fingerprint density at radius 3 is 2.38 bits per heavy atom. The van der Waals surface area contributed by atoms with Crippen LogP contribution in [0.5, 0.6) is 5.75 Å². The van der Waals surface area contributed by atoms with Crippen molar-refractivity contribution in [3.8, 4) is 5.75 Å². The summed E-state index contributed by atoms with van der Waals surface area (Å²) in [6, 6.07) is 6.54. The van der Waals surface area contributed by atoms with Gasteiger partial charge in [0, 0.05) is 5.69 Å². The SMILES string of the molecule is Cc1cc(OC(C)C)ccc1NC1CC(C)(C)OC1(C)C. The van der Waals surface area contributed by atoms with Crippen molar-refractivity contribution in [3.05, 3.63) is 23.8 Å². The van der Waals surface area contributed by atoms with E-state index in [2.05, 4.69) is 52.1 Å². The molecule has 3 nitrogen and oxygen atoms in total. The molecule has 1 atom stereocenters. The van der Waals surface area contributed by atoms with Gasteiger partial charge in [-0.25, -0.2) is 0 Å². The van der Waals surface area contributed by atoms with E-state index in [1.807, 2.05) is 19.9 Å². The van der Waals surface area contributed by atoms with Crippen molar-refractivity contribution in [2.75, 3.05) is 5.32 Å². The van der Waals surface area contributed by atoms with Gasteiger partial charge >= 0.3 is 0 Å². The van der Waals surface area contributed by atoms with Gasteiger partial charge in [-0.3, -0.25) is 0 Å². The van der Waals surface area contributed by atoms with Gasteiger partial charge in [-0.05, 0) is 78.6 Å². The molecular formula is C18H29NO2. The van der Waals surface area contributed by atoms with Crippen LogP contribution < -0.4 is 10.1 Å². The summed E-state index contributed by atoms with van der Waals surface area (Å²) in [6.07, 6.45) is 1.20. The monoisotopic (exact) mass is 291 g/mol. The van der Waals surface area contributed by atoms with Crippen molar-refractivity contribution in [1.29, 1.82) is 0 Å². The summed E-state index contributed by atoms with van der Waals surface area (Å²) < 4.78 is 11.9.